The Morgan fingerprint density at radius 2 is 2.73 bits per heavy atom. The van der Waals surface area contributed by atoms with E-state index in [9.17, 15) is 9.50 Å². The molecule has 0 aromatic carbocycles. The lowest BCUT2D eigenvalue weighted by Gasteiger charge is -2.28. The van der Waals surface area contributed by atoms with Gasteiger partial charge in [0.15, 0.2) is 0 Å². The van der Waals surface area contributed by atoms with Crippen molar-refractivity contribution in [3.05, 3.63) is 0 Å². The molecule has 2 fully saturated rings. The highest BCUT2D eigenvalue weighted by atomic mass is 19.1. The number of rotatable bonds is 1. The van der Waals surface area contributed by atoms with Gasteiger partial charge in [0.05, 0.1) is 9.30 Å². The molecule has 2 heterocycles. The van der Waals surface area contributed by atoms with E-state index >= 15 is 0 Å². The van der Waals surface area contributed by atoms with Crippen LogP contribution >= 0.6 is 0 Å². The zero-order chi connectivity index (χ0) is 11.5. The van der Waals surface area contributed by atoms with E-state index in [1.54, 1.807) is 0 Å². The van der Waals surface area contributed by atoms with Crippen molar-refractivity contribution in [1.29, 1.82) is 0 Å². The van der Waals surface area contributed by atoms with Gasteiger partial charge in [0.25, 0.3) is 0 Å². The average molecular weight is 163 g/mol. The van der Waals surface area contributed by atoms with Crippen LogP contribution in [0.3, 0.4) is 0 Å². The summed E-state index contributed by atoms with van der Waals surface area (Å²) in [5, 5.41) is 9.49. The van der Waals surface area contributed by atoms with Gasteiger partial charge in [-0.3, -0.25) is 4.90 Å². The summed E-state index contributed by atoms with van der Waals surface area (Å²) in [5.74, 6) is 0. The van der Waals surface area contributed by atoms with Gasteiger partial charge in [-0.2, -0.15) is 0 Å². The topological polar surface area (TPSA) is 23.5 Å². The summed E-state index contributed by atoms with van der Waals surface area (Å²) < 4.78 is 43.3. The number of nitrogens with zero attached hydrogens (tertiary/aromatic N) is 1. The van der Waals surface area contributed by atoms with E-state index in [1.807, 2.05) is 0 Å². The van der Waals surface area contributed by atoms with Crippen molar-refractivity contribution >= 4 is 0 Å². The largest absolute Gasteiger partial charge is 0.394 e. The van der Waals surface area contributed by atoms with E-state index in [1.165, 1.54) is 0 Å². The Balaban J connectivity index is 2.39. The van der Waals surface area contributed by atoms with Gasteiger partial charge < -0.3 is 5.11 Å². The third-order valence-corrected chi connectivity index (χ3v) is 2.51. The highest BCUT2D eigenvalue weighted by molar-refractivity contribution is 5.03. The first kappa shape index (κ1) is 4.19. The molecule has 3 heteroatoms. The van der Waals surface area contributed by atoms with Crippen molar-refractivity contribution < 1.29 is 15.0 Å². The molecule has 2 rings (SSSR count). The zero-order valence-electron chi connectivity index (χ0n) is 10.2. The molecule has 2 aliphatic rings. The van der Waals surface area contributed by atoms with Crippen LogP contribution in [0.2, 0.25) is 0 Å². The molecule has 2 nitrogen and oxygen atoms in total. The predicted molar refractivity (Wildman–Crippen MR) is 40.1 cm³/mol. The molecule has 0 aromatic heterocycles. The SMILES string of the molecule is [2H]C1([2H])CCC2(C([2H])([2H])O)CC(F)CN12. The van der Waals surface area contributed by atoms with E-state index in [2.05, 4.69) is 0 Å². The van der Waals surface area contributed by atoms with Crippen LogP contribution in [-0.4, -0.2) is 41.3 Å². The molecule has 0 saturated carbocycles. The van der Waals surface area contributed by atoms with E-state index in [4.69, 9.17) is 5.48 Å². The van der Waals surface area contributed by atoms with Crippen LogP contribution < -0.4 is 0 Å². The number of fused-ring (bicyclic) bond motifs is 1. The van der Waals surface area contributed by atoms with Crippen molar-refractivity contribution in [1.82, 2.24) is 4.90 Å². The Morgan fingerprint density at radius 1 is 1.91 bits per heavy atom. The molecule has 0 aromatic rings. The van der Waals surface area contributed by atoms with Crippen LogP contribution in [0.5, 0.6) is 0 Å². The minimum absolute atomic E-state index is 0.129. The second-order valence-electron chi connectivity index (χ2n) is 3.21. The van der Waals surface area contributed by atoms with Gasteiger partial charge in [0.2, 0.25) is 0 Å². The molecule has 64 valence electrons. The maximum Gasteiger partial charge on any atom is 0.115 e. The molecule has 2 aliphatic heterocycles. The lowest BCUT2D eigenvalue weighted by Crippen LogP contribution is -2.41. The molecule has 0 radical (unpaired) electrons. The summed E-state index contributed by atoms with van der Waals surface area (Å²) in [6.07, 6.45) is -1.10. The van der Waals surface area contributed by atoms with Gasteiger partial charge in [0.1, 0.15) is 6.17 Å². The fourth-order valence-electron chi connectivity index (χ4n) is 1.93. The smallest absolute Gasteiger partial charge is 0.115 e. The van der Waals surface area contributed by atoms with Crippen molar-refractivity contribution in [2.24, 2.45) is 0 Å². The highest BCUT2D eigenvalue weighted by Crippen LogP contribution is 2.39. The Hall–Kier alpha value is -0.150. The standard InChI is InChI=1S/C8H14FNO/c9-7-4-8(6-11)2-1-3-10(8)5-7/h7,11H,1-6H2/i3D2,6D2. The van der Waals surface area contributed by atoms with Gasteiger partial charge in [-0.05, 0) is 19.3 Å². The van der Waals surface area contributed by atoms with Gasteiger partial charge in [-0.15, -0.1) is 0 Å². The van der Waals surface area contributed by atoms with Crippen molar-refractivity contribution in [3.8, 4) is 0 Å². The number of alkyl halides is 1. The molecule has 11 heavy (non-hydrogen) atoms. The predicted octanol–water partition coefficient (Wildman–Crippen LogP) is 0.555. The monoisotopic (exact) mass is 163 g/mol. The normalized spacial score (nSPS) is 56.0. The van der Waals surface area contributed by atoms with Crippen LogP contribution in [-0.2, 0) is 0 Å². The fourth-order valence-corrected chi connectivity index (χ4v) is 1.93. The van der Waals surface area contributed by atoms with Gasteiger partial charge >= 0.3 is 0 Å². The van der Waals surface area contributed by atoms with Crippen LogP contribution in [0.15, 0.2) is 0 Å². The Bertz CT molecular complexity index is 282. The first-order valence-electron chi connectivity index (χ1n) is 5.83. The first-order valence-corrected chi connectivity index (χ1v) is 3.83. The van der Waals surface area contributed by atoms with Gasteiger partial charge in [-0.25, -0.2) is 4.39 Å². The molecule has 2 unspecified atom stereocenters. The molecule has 2 atom stereocenters. The third kappa shape index (κ3) is 0.983. The van der Waals surface area contributed by atoms with Crippen LogP contribution in [0.1, 0.15) is 24.7 Å². The third-order valence-electron chi connectivity index (χ3n) is 2.51. The average Bonchev–Trinajstić information content (AvgIpc) is 2.49. The molecular formula is C8H14FNO. The second-order valence-corrected chi connectivity index (χ2v) is 3.21. The summed E-state index contributed by atoms with van der Waals surface area (Å²) in [6, 6.07) is 0. The van der Waals surface area contributed by atoms with Gasteiger partial charge in [-0.1, -0.05) is 0 Å². The number of hydrogen-bond donors (Lipinski definition) is 1. The maximum absolute atomic E-state index is 13.3. The van der Waals surface area contributed by atoms with Crippen molar-refractivity contribution in [3.63, 3.8) is 0 Å². The van der Waals surface area contributed by atoms with Crippen molar-refractivity contribution in [2.75, 3.05) is 19.6 Å². The fraction of sp³-hybridized carbons (Fsp3) is 1.00. The molecule has 1 N–H and O–H groups in total. The number of aliphatic hydroxyl groups is 1. The molecule has 0 bridgehead atoms. The summed E-state index contributed by atoms with van der Waals surface area (Å²) in [4.78, 5) is 1.16. The summed E-state index contributed by atoms with van der Waals surface area (Å²) in [6.45, 7) is -4.40. The number of halogens is 1. The molecule has 2 saturated heterocycles. The molecule has 0 spiro atoms. The minimum atomic E-state index is -2.56. The lowest BCUT2D eigenvalue weighted by molar-refractivity contribution is 0.0996. The Morgan fingerprint density at radius 3 is 3.36 bits per heavy atom. The molecule has 0 amide bonds. The first-order chi connectivity index (χ1) is 6.69. The minimum Gasteiger partial charge on any atom is -0.394 e. The van der Waals surface area contributed by atoms with E-state index in [0.29, 0.717) is 0 Å². The molecule has 0 aliphatic carbocycles. The summed E-state index contributed by atoms with van der Waals surface area (Å²) in [7, 11) is 0. The van der Waals surface area contributed by atoms with Crippen LogP contribution in [0, 0.1) is 0 Å². The van der Waals surface area contributed by atoms with Crippen molar-refractivity contribution in [2.45, 2.75) is 31.0 Å². The van der Waals surface area contributed by atoms with Crippen LogP contribution in [0.4, 0.5) is 4.39 Å². The number of hydrogen-bond acceptors (Lipinski definition) is 2. The molecular weight excluding hydrogens is 145 g/mol. The van der Waals surface area contributed by atoms with E-state index in [0.717, 1.165) is 4.90 Å². The maximum atomic E-state index is 13.3. The van der Waals surface area contributed by atoms with Gasteiger partial charge in [0, 0.05) is 21.2 Å². The van der Waals surface area contributed by atoms with E-state index < -0.39 is 24.8 Å². The van der Waals surface area contributed by atoms with E-state index in [-0.39, 0.29) is 25.8 Å². The Labute approximate surface area is 71.6 Å². The summed E-state index contributed by atoms with van der Waals surface area (Å²) in [5.41, 5.74) is -1.38. The lowest BCUT2D eigenvalue weighted by atomic mass is 9.95. The summed E-state index contributed by atoms with van der Waals surface area (Å²) >= 11 is 0. The second kappa shape index (κ2) is 2.42. The van der Waals surface area contributed by atoms with Crippen LogP contribution in [0.25, 0.3) is 0 Å². The quantitative estimate of drug-likeness (QED) is 0.610. The zero-order valence-corrected chi connectivity index (χ0v) is 6.18. The highest BCUT2D eigenvalue weighted by Gasteiger charge is 2.47. The Kier molecular flexibility index (Phi) is 0.922.